The number of hydrogen-bond donors (Lipinski definition) is 1. The van der Waals surface area contributed by atoms with Gasteiger partial charge in [0.1, 0.15) is 5.82 Å². The van der Waals surface area contributed by atoms with Crippen molar-refractivity contribution in [1.29, 1.82) is 0 Å². The van der Waals surface area contributed by atoms with Gasteiger partial charge in [0.25, 0.3) is 5.91 Å². The number of halogens is 2. The van der Waals surface area contributed by atoms with E-state index in [-0.39, 0.29) is 23.5 Å². The van der Waals surface area contributed by atoms with Crippen LogP contribution in [0.15, 0.2) is 42.5 Å². The second-order valence-corrected chi connectivity index (χ2v) is 6.99. The molecule has 0 saturated carbocycles. The largest absolute Gasteiger partial charge is 0.338 e. The molecule has 3 rings (SSSR count). The fourth-order valence-corrected chi connectivity index (χ4v) is 3.19. The van der Waals surface area contributed by atoms with Crippen molar-refractivity contribution in [3.63, 3.8) is 0 Å². The minimum absolute atomic E-state index is 0.111. The Balaban J connectivity index is 1.65. The zero-order chi connectivity index (χ0) is 18.7. The lowest BCUT2D eigenvalue weighted by Gasteiger charge is -2.32. The summed E-state index contributed by atoms with van der Waals surface area (Å²) in [5.41, 5.74) is 1.51. The molecule has 26 heavy (non-hydrogen) atoms. The molecular formula is C20H20ClFN2O2. The fourth-order valence-electron chi connectivity index (χ4n) is 3.07. The van der Waals surface area contributed by atoms with Crippen LogP contribution in [0.25, 0.3) is 0 Å². The number of likely N-dealkylation sites (tertiary alicyclic amines) is 1. The van der Waals surface area contributed by atoms with Crippen LogP contribution in [0.4, 0.5) is 10.1 Å². The first-order chi connectivity index (χ1) is 12.4. The lowest BCUT2D eigenvalue weighted by Crippen LogP contribution is -2.43. The van der Waals surface area contributed by atoms with Crippen molar-refractivity contribution >= 4 is 29.1 Å². The highest BCUT2D eigenvalue weighted by atomic mass is 35.5. The molecule has 1 N–H and O–H groups in total. The zero-order valence-corrected chi connectivity index (χ0v) is 15.2. The van der Waals surface area contributed by atoms with Crippen LogP contribution in [0, 0.1) is 18.7 Å². The summed E-state index contributed by atoms with van der Waals surface area (Å²) in [5, 5.41) is 3.32. The molecule has 136 valence electrons. The van der Waals surface area contributed by atoms with Crippen molar-refractivity contribution in [1.82, 2.24) is 4.90 Å². The van der Waals surface area contributed by atoms with Crippen molar-refractivity contribution in [2.24, 2.45) is 5.92 Å². The third kappa shape index (κ3) is 4.22. The highest BCUT2D eigenvalue weighted by molar-refractivity contribution is 6.30. The van der Waals surface area contributed by atoms with Gasteiger partial charge in [-0.1, -0.05) is 17.7 Å². The van der Waals surface area contributed by atoms with Crippen molar-refractivity contribution in [3.05, 3.63) is 64.4 Å². The molecule has 6 heteroatoms. The minimum atomic E-state index is -0.356. The first-order valence-corrected chi connectivity index (χ1v) is 8.93. The van der Waals surface area contributed by atoms with Gasteiger partial charge in [-0.3, -0.25) is 9.59 Å². The van der Waals surface area contributed by atoms with E-state index in [0.29, 0.717) is 41.3 Å². The van der Waals surface area contributed by atoms with E-state index in [0.717, 1.165) is 6.42 Å². The highest BCUT2D eigenvalue weighted by Gasteiger charge is 2.29. The average molecular weight is 375 g/mol. The van der Waals surface area contributed by atoms with Gasteiger partial charge in [0.15, 0.2) is 0 Å². The lowest BCUT2D eigenvalue weighted by molar-refractivity contribution is -0.121. The summed E-state index contributed by atoms with van der Waals surface area (Å²) in [6.45, 7) is 2.63. The topological polar surface area (TPSA) is 49.4 Å². The molecule has 0 unspecified atom stereocenters. The number of nitrogens with one attached hydrogen (secondary N) is 1. The van der Waals surface area contributed by atoms with Gasteiger partial charge in [-0.2, -0.15) is 0 Å². The maximum atomic E-state index is 13.6. The number of amides is 2. The van der Waals surface area contributed by atoms with Crippen LogP contribution in [0.5, 0.6) is 0 Å². The van der Waals surface area contributed by atoms with Crippen molar-refractivity contribution in [3.8, 4) is 0 Å². The summed E-state index contributed by atoms with van der Waals surface area (Å²) in [6.07, 6.45) is 1.45. The summed E-state index contributed by atoms with van der Waals surface area (Å²) in [4.78, 5) is 26.8. The van der Waals surface area contributed by atoms with Crippen LogP contribution < -0.4 is 5.32 Å². The SMILES string of the molecule is Cc1ccc(NC(=O)[C@@H]2CCCN(C(=O)c3ccc(Cl)cc3)C2)cc1F. The van der Waals surface area contributed by atoms with Gasteiger partial charge in [0, 0.05) is 29.4 Å². The Bertz CT molecular complexity index is 823. The monoisotopic (exact) mass is 374 g/mol. The first-order valence-electron chi connectivity index (χ1n) is 8.56. The van der Waals surface area contributed by atoms with Crippen molar-refractivity contribution < 1.29 is 14.0 Å². The van der Waals surface area contributed by atoms with Gasteiger partial charge in [0.2, 0.25) is 5.91 Å². The van der Waals surface area contributed by atoms with E-state index >= 15 is 0 Å². The number of aryl methyl sites for hydroxylation is 1. The number of piperidine rings is 1. The molecule has 1 aliphatic heterocycles. The number of benzene rings is 2. The Morgan fingerprint density at radius 2 is 1.92 bits per heavy atom. The standard InChI is InChI=1S/C20H20ClFN2O2/c1-13-4-9-17(11-18(13)22)23-19(25)15-3-2-10-24(12-15)20(26)14-5-7-16(21)8-6-14/h4-9,11,15H,2-3,10,12H2,1H3,(H,23,25)/t15-/m1/s1. The predicted molar refractivity (Wildman–Crippen MR) is 99.8 cm³/mol. The van der Waals surface area contributed by atoms with E-state index in [1.54, 1.807) is 48.2 Å². The van der Waals surface area contributed by atoms with Crippen LogP contribution in [-0.2, 0) is 4.79 Å². The van der Waals surface area contributed by atoms with Crippen molar-refractivity contribution in [2.45, 2.75) is 19.8 Å². The molecule has 2 amide bonds. The fraction of sp³-hybridized carbons (Fsp3) is 0.300. The zero-order valence-electron chi connectivity index (χ0n) is 14.5. The highest BCUT2D eigenvalue weighted by Crippen LogP contribution is 2.22. The summed E-state index contributed by atoms with van der Waals surface area (Å²) in [6, 6.07) is 11.3. The van der Waals surface area contributed by atoms with Gasteiger partial charge < -0.3 is 10.2 Å². The van der Waals surface area contributed by atoms with Crippen LogP contribution in [0.2, 0.25) is 5.02 Å². The number of carbonyl (C=O) groups is 2. The van der Waals surface area contributed by atoms with E-state index in [1.807, 2.05) is 0 Å². The molecule has 0 bridgehead atoms. The van der Waals surface area contributed by atoms with Gasteiger partial charge in [0.05, 0.1) is 5.92 Å². The minimum Gasteiger partial charge on any atom is -0.338 e. The van der Waals surface area contributed by atoms with E-state index in [2.05, 4.69) is 5.32 Å². The third-order valence-corrected chi connectivity index (χ3v) is 4.86. The Kier molecular flexibility index (Phi) is 5.57. The van der Waals surface area contributed by atoms with Gasteiger partial charge in [-0.15, -0.1) is 0 Å². The van der Waals surface area contributed by atoms with Crippen LogP contribution in [0.1, 0.15) is 28.8 Å². The Hall–Kier alpha value is -2.40. The molecule has 2 aromatic rings. The van der Waals surface area contributed by atoms with Crippen LogP contribution >= 0.6 is 11.6 Å². The van der Waals surface area contributed by atoms with Gasteiger partial charge in [-0.05, 0) is 61.7 Å². The molecule has 4 nitrogen and oxygen atoms in total. The van der Waals surface area contributed by atoms with E-state index in [4.69, 9.17) is 11.6 Å². The van der Waals surface area contributed by atoms with E-state index in [9.17, 15) is 14.0 Å². The summed E-state index contributed by atoms with van der Waals surface area (Å²) < 4.78 is 13.6. The molecule has 1 aliphatic rings. The molecule has 1 heterocycles. The predicted octanol–water partition coefficient (Wildman–Crippen LogP) is 4.28. The number of hydrogen-bond acceptors (Lipinski definition) is 2. The summed E-state index contributed by atoms with van der Waals surface area (Å²) in [7, 11) is 0. The molecule has 2 aromatic carbocycles. The average Bonchev–Trinajstić information content (AvgIpc) is 2.65. The normalized spacial score (nSPS) is 17.0. The molecule has 1 fully saturated rings. The smallest absolute Gasteiger partial charge is 0.253 e. The number of nitrogens with zero attached hydrogens (tertiary/aromatic N) is 1. The number of rotatable bonds is 3. The molecule has 1 atom stereocenters. The lowest BCUT2D eigenvalue weighted by atomic mass is 9.96. The van der Waals surface area contributed by atoms with E-state index in [1.165, 1.54) is 6.07 Å². The Morgan fingerprint density at radius 1 is 1.19 bits per heavy atom. The third-order valence-electron chi connectivity index (χ3n) is 4.61. The number of carbonyl (C=O) groups excluding carboxylic acids is 2. The quantitative estimate of drug-likeness (QED) is 0.871. The summed E-state index contributed by atoms with van der Waals surface area (Å²) >= 11 is 5.86. The molecule has 0 aromatic heterocycles. The Morgan fingerprint density at radius 3 is 2.62 bits per heavy atom. The van der Waals surface area contributed by atoms with Crippen LogP contribution in [-0.4, -0.2) is 29.8 Å². The second kappa shape index (κ2) is 7.87. The maximum Gasteiger partial charge on any atom is 0.253 e. The number of anilines is 1. The molecule has 0 spiro atoms. The molecular weight excluding hydrogens is 355 g/mol. The summed E-state index contributed by atoms with van der Waals surface area (Å²) in [5.74, 6) is -0.974. The second-order valence-electron chi connectivity index (χ2n) is 6.55. The first kappa shape index (κ1) is 18.4. The van der Waals surface area contributed by atoms with Gasteiger partial charge >= 0.3 is 0 Å². The van der Waals surface area contributed by atoms with Gasteiger partial charge in [-0.25, -0.2) is 4.39 Å². The molecule has 0 radical (unpaired) electrons. The Labute approximate surface area is 157 Å². The molecule has 0 aliphatic carbocycles. The van der Waals surface area contributed by atoms with Crippen LogP contribution in [0.3, 0.4) is 0 Å². The molecule has 1 saturated heterocycles. The van der Waals surface area contributed by atoms with E-state index < -0.39 is 0 Å². The van der Waals surface area contributed by atoms with Crippen molar-refractivity contribution in [2.75, 3.05) is 18.4 Å². The maximum absolute atomic E-state index is 13.6.